The number of rotatable bonds is 4. The highest BCUT2D eigenvalue weighted by atomic mass is 35.5. The van der Waals surface area contributed by atoms with Crippen molar-refractivity contribution in [2.75, 3.05) is 14.2 Å². The summed E-state index contributed by atoms with van der Waals surface area (Å²) in [5, 5.41) is 0.883. The Morgan fingerprint density at radius 1 is 1.29 bits per heavy atom. The molecule has 0 saturated heterocycles. The van der Waals surface area contributed by atoms with Crippen LogP contribution in [0.4, 0.5) is 0 Å². The van der Waals surface area contributed by atoms with Crippen LogP contribution in [-0.4, -0.2) is 29.9 Å². The molecule has 2 rings (SSSR count). The quantitative estimate of drug-likeness (QED) is 0.806. The lowest BCUT2D eigenvalue weighted by Crippen LogP contribution is -2.26. The molecule has 4 nitrogen and oxygen atoms in total. The topological polar surface area (TPSA) is 42.4 Å². The molecule has 110 valence electrons. The smallest absolute Gasteiger partial charge is 0.254 e. The molecule has 1 aromatic heterocycles. The lowest BCUT2D eigenvalue weighted by Gasteiger charge is -2.19. The fourth-order valence-corrected chi connectivity index (χ4v) is 2.32. The Bertz CT molecular complexity index is 662. The number of aromatic nitrogens is 1. The minimum atomic E-state index is -0.152. The fourth-order valence-electron chi connectivity index (χ4n) is 1.95. The summed E-state index contributed by atoms with van der Waals surface area (Å²) in [6, 6.07) is 8.47. The number of pyridine rings is 1. The molecule has 1 heterocycles. The zero-order valence-corrected chi connectivity index (χ0v) is 13.1. The minimum absolute atomic E-state index is 0.152. The average Bonchev–Trinajstić information content (AvgIpc) is 2.46. The van der Waals surface area contributed by atoms with E-state index >= 15 is 0 Å². The second kappa shape index (κ2) is 6.78. The van der Waals surface area contributed by atoms with Crippen molar-refractivity contribution in [3.63, 3.8) is 0 Å². The van der Waals surface area contributed by atoms with Crippen LogP contribution in [0.2, 0.25) is 10.2 Å². The van der Waals surface area contributed by atoms with Crippen molar-refractivity contribution >= 4 is 29.1 Å². The lowest BCUT2D eigenvalue weighted by molar-refractivity contribution is 0.0784. The molecule has 0 saturated carbocycles. The third-order valence-electron chi connectivity index (χ3n) is 2.97. The van der Waals surface area contributed by atoms with Gasteiger partial charge in [-0.25, -0.2) is 4.98 Å². The number of carbonyl (C=O) groups excluding carboxylic acids is 1. The van der Waals surface area contributed by atoms with Crippen LogP contribution in [0.5, 0.6) is 5.75 Å². The first-order valence-electron chi connectivity index (χ1n) is 6.20. The first kappa shape index (κ1) is 15.6. The predicted octanol–water partition coefficient (Wildman–Crippen LogP) is 3.67. The summed E-state index contributed by atoms with van der Waals surface area (Å²) in [5.41, 5.74) is 1.32. The molecule has 0 N–H and O–H groups in total. The molecule has 0 radical (unpaired) electrons. The lowest BCUT2D eigenvalue weighted by atomic mass is 10.1. The van der Waals surface area contributed by atoms with Crippen LogP contribution in [0.1, 0.15) is 15.9 Å². The van der Waals surface area contributed by atoms with Gasteiger partial charge in [-0.05, 0) is 30.3 Å². The van der Waals surface area contributed by atoms with Gasteiger partial charge in [0.2, 0.25) is 0 Å². The number of amides is 1. The van der Waals surface area contributed by atoms with Crippen LogP contribution in [0, 0.1) is 0 Å². The summed E-state index contributed by atoms with van der Waals surface area (Å²) in [6.07, 6.45) is 1.50. The summed E-state index contributed by atoms with van der Waals surface area (Å²) in [6.45, 7) is 0.377. The molecule has 6 heteroatoms. The van der Waals surface area contributed by atoms with Crippen LogP contribution < -0.4 is 4.74 Å². The van der Waals surface area contributed by atoms with E-state index in [1.807, 2.05) is 0 Å². The Morgan fingerprint density at radius 2 is 2.05 bits per heavy atom. The first-order chi connectivity index (χ1) is 10.0. The Labute approximate surface area is 133 Å². The third-order valence-corrected chi connectivity index (χ3v) is 3.41. The Morgan fingerprint density at radius 3 is 2.71 bits per heavy atom. The first-order valence-corrected chi connectivity index (χ1v) is 6.96. The molecular formula is C15H14Cl2N2O2. The van der Waals surface area contributed by atoms with E-state index in [2.05, 4.69) is 4.98 Å². The van der Waals surface area contributed by atoms with Gasteiger partial charge >= 0.3 is 0 Å². The molecule has 0 fully saturated rings. The van der Waals surface area contributed by atoms with Crippen molar-refractivity contribution < 1.29 is 9.53 Å². The molecule has 0 atom stereocenters. The highest BCUT2D eigenvalue weighted by Gasteiger charge is 2.15. The van der Waals surface area contributed by atoms with Crippen molar-refractivity contribution in [3.05, 3.63) is 57.8 Å². The van der Waals surface area contributed by atoms with E-state index in [4.69, 9.17) is 27.9 Å². The Kier molecular flexibility index (Phi) is 5.04. The predicted molar refractivity (Wildman–Crippen MR) is 83.0 cm³/mol. The van der Waals surface area contributed by atoms with E-state index < -0.39 is 0 Å². The number of hydrogen-bond donors (Lipinski definition) is 0. The van der Waals surface area contributed by atoms with Gasteiger partial charge < -0.3 is 9.64 Å². The second-order valence-electron chi connectivity index (χ2n) is 4.48. The number of methoxy groups -OCH3 is 1. The van der Waals surface area contributed by atoms with Crippen molar-refractivity contribution in [2.45, 2.75) is 6.54 Å². The average molecular weight is 325 g/mol. The molecule has 21 heavy (non-hydrogen) atoms. The van der Waals surface area contributed by atoms with Gasteiger partial charge in [0, 0.05) is 35.9 Å². The summed E-state index contributed by atoms with van der Waals surface area (Å²) in [7, 11) is 3.29. The minimum Gasteiger partial charge on any atom is -0.496 e. The van der Waals surface area contributed by atoms with Crippen LogP contribution in [0.3, 0.4) is 0 Å². The van der Waals surface area contributed by atoms with Gasteiger partial charge in [-0.3, -0.25) is 4.79 Å². The zero-order chi connectivity index (χ0) is 15.4. The summed E-state index contributed by atoms with van der Waals surface area (Å²) in [5.74, 6) is 0.535. The molecule has 0 bridgehead atoms. The standard InChI is InChI=1S/C15H14Cl2N2O2/c1-19(15(20)10-5-6-18-14(17)8-10)9-11-7-12(16)3-4-13(11)21-2/h3-8H,9H2,1-2H3. The van der Waals surface area contributed by atoms with Gasteiger partial charge in [0.25, 0.3) is 5.91 Å². The fraction of sp³-hybridized carbons (Fsp3) is 0.200. The monoisotopic (exact) mass is 324 g/mol. The van der Waals surface area contributed by atoms with Crippen molar-refractivity contribution in [1.29, 1.82) is 0 Å². The van der Waals surface area contributed by atoms with E-state index in [1.54, 1.807) is 43.3 Å². The van der Waals surface area contributed by atoms with Gasteiger partial charge in [-0.2, -0.15) is 0 Å². The summed E-state index contributed by atoms with van der Waals surface area (Å²) in [4.78, 5) is 17.8. The van der Waals surface area contributed by atoms with E-state index in [-0.39, 0.29) is 11.1 Å². The molecule has 0 aliphatic rings. The number of hydrogen-bond acceptors (Lipinski definition) is 3. The van der Waals surface area contributed by atoms with Gasteiger partial charge in [0.05, 0.1) is 7.11 Å². The van der Waals surface area contributed by atoms with Gasteiger partial charge in [-0.15, -0.1) is 0 Å². The van der Waals surface area contributed by atoms with Crippen molar-refractivity contribution in [3.8, 4) is 5.75 Å². The number of nitrogens with zero attached hydrogens (tertiary/aromatic N) is 2. The van der Waals surface area contributed by atoms with Crippen LogP contribution >= 0.6 is 23.2 Å². The largest absolute Gasteiger partial charge is 0.496 e. The number of benzene rings is 1. The maximum absolute atomic E-state index is 12.4. The van der Waals surface area contributed by atoms with Gasteiger partial charge in [0.15, 0.2) is 0 Å². The number of carbonyl (C=O) groups is 1. The maximum atomic E-state index is 12.4. The van der Waals surface area contributed by atoms with Gasteiger partial charge in [0.1, 0.15) is 10.9 Å². The summed E-state index contributed by atoms with van der Waals surface area (Å²) >= 11 is 11.8. The highest BCUT2D eigenvalue weighted by molar-refractivity contribution is 6.30. The van der Waals surface area contributed by atoms with Gasteiger partial charge in [-0.1, -0.05) is 23.2 Å². The third kappa shape index (κ3) is 3.86. The van der Waals surface area contributed by atoms with Crippen LogP contribution in [0.25, 0.3) is 0 Å². The molecule has 0 spiro atoms. The Hall–Kier alpha value is -1.78. The van der Waals surface area contributed by atoms with Crippen molar-refractivity contribution in [2.24, 2.45) is 0 Å². The zero-order valence-electron chi connectivity index (χ0n) is 11.6. The van der Waals surface area contributed by atoms with Crippen LogP contribution in [-0.2, 0) is 6.54 Å². The SMILES string of the molecule is COc1ccc(Cl)cc1CN(C)C(=O)c1ccnc(Cl)c1. The van der Waals surface area contributed by atoms with E-state index in [1.165, 1.54) is 12.3 Å². The number of ether oxygens (including phenoxy) is 1. The van der Waals surface area contributed by atoms with E-state index in [9.17, 15) is 4.79 Å². The van der Waals surface area contributed by atoms with E-state index in [0.29, 0.717) is 22.9 Å². The molecule has 1 amide bonds. The normalized spacial score (nSPS) is 10.3. The summed E-state index contributed by atoms with van der Waals surface area (Å²) < 4.78 is 5.28. The van der Waals surface area contributed by atoms with Crippen molar-refractivity contribution in [1.82, 2.24) is 9.88 Å². The molecule has 0 unspecified atom stereocenters. The Balaban J connectivity index is 2.19. The maximum Gasteiger partial charge on any atom is 0.254 e. The molecule has 1 aromatic carbocycles. The molecular weight excluding hydrogens is 311 g/mol. The van der Waals surface area contributed by atoms with E-state index in [0.717, 1.165) is 5.56 Å². The highest BCUT2D eigenvalue weighted by Crippen LogP contribution is 2.24. The molecule has 0 aliphatic carbocycles. The number of halogens is 2. The molecule has 2 aromatic rings. The molecule has 0 aliphatic heterocycles. The second-order valence-corrected chi connectivity index (χ2v) is 5.31. The van der Waals surface area contributed by atoms with Crippen LogP contribution in [0.15, 0.2) is 36.5 Å².